The molecule has 150 valence electrons. The number of anilines is 1. The second-order valence-electron chi connectivity index (χ2n) is 7.08. The fourth-order valence-corrected chi connectivity index (χ4v) is 3.37. The summed E-state index contributed by atoms with van der Waals surface area (Å²) < 4.78 is 32.1. The molecule has 1 heterocycles. The number of amides is 2. The molecule has 1 aliphatic heterocycles. The molecule has 0 saturated carbocycles. The van der Waals surface area contributed by atoms with E-state index in [-0.39, 0.29) is 29.5 Å². The first-order valence-corrected chi connectivity index (χ1v) is 9.33. The van der Waals surface area contributed by atoms with Gasteiger partial charge in [-0.15, -0.1) is 0 Å². The number of carbonyl (C=O) groups excluding carboxylic acids is 1. The van der Waals surface area contributed by atoms with Crippen molar-refractivity contribution < 1.29 is 18.3 Å². The number of ether oxygens (including phenoxy) is 1. The molecule has 0 bridgehead atoms. The molecule has 1 aliphatic rings. The Labute approximate surface area is 163 Å². The van der Waals surface area contributed by atoms with Gasteiger partial charge in [-0.05, 0) is 55.2 Å². The predicted octanol–water partition coefficient (Wildman–Crippen LogP) is 4.07. The van der Waals surface area contributed by atoms with Gasteiger partial charge in [0, 0.05) is 31.4 Å². The summed E-state index contributed by atoms with van der Waals surface area (Å²) in [4.78, 5) is 14.4. The van der Waals surface area contributed by atoms with E-state index >= 15 is 0 Å². The number of benzene rings is 2. The largest absolute Gasteiger partial charge is 0.494 e. The van der Waals surface area contributed by atoms with E-state index in [0.717, 1.165) is 37.1 Å². The maximum atomic E-state index is 13.8. The van der Waals surface area contributed by atoms with Gasteiger partial charge in [0.15, 0.2) is 11.6 Å². The van der Waals surface area contributed by atoms with E-state index in [9.17, 15) is 13.6 Å². The molecule has 0 spiro atoms. The zero-order valence-electron chi connectivity index (χ0n) is 16.1. The van der Waals surface area contributed by atoms with E-state index in [1.807, 2.05) is 13.0 Å². The van der Waals surface area contributed by atoms with Crippen LogP contribution in [0.5, 0.6) is 5.75 Å². The summed E-state index contributed by atoms with van der Waals surface area (Å²) in [6, 6.07) is 9.03. The first-order valence-electron chi connectivity index (χ1n) is 9.33. The van der Waals surface area contributed by atoms with Crippen molar-refractivity contribution in [1.29, 1.82) is 0 Å². The lowest BCUT2D eigenvalue weighted by Gasteiger charge is -2.32. The standard InChI is InChI=1S/C21H25F2N3O2/c1-14-3-5-16(22)12-19(14)25-21(27)24-17-7-9-26(10-8-17)13-15-4-6-20(28-2)18(23)11-15/h3-6,11-12,17H,7-10,13H2,1-2H3,(H2,24,25,27). The zero-order chi connectivity index (χ0) is 20.1. The average Bonchev–Trinajstić information content (AvgIpc) is 2.66. The minimum atomic E-state index is -0.385. The highest BCUT2D eigenvalue weighted by Crippen LogP contribution is 2.20. The van der Waals surface area contributed by atoms with Crippen LogP contribution in [0.1, 0.15) is 24.0 Å². The minimum Gasteiger partial charge on any atom is -0.494 e. The van der Waals surface area contributed by atoms with Gasteiger partial charge in [0.2, 0.25) is 0 Å². The summed E-state index contributed by atoms with van der Waals surface area (Å²) >= 11 is 0. The van der Waals surface area contributed by atoms with Crippen LogP contribution < -0.4 is 15.4 Å². The third-order valence-electron chi connectivity index (χ3n) is 4.99. The number of urea groups is 1. The van der Waals surface area contributed by atoms with Gasteiger partial charge >= 0.3 is 6.03 Å². The Morgan fingerprint density at radius 2 is 1.93 bits per heavy atom. The Kier molecular flexibility index (Phi) is 6.46. The second-order valence-corrected chi connectivity index (χ2v) is 7.08. The summed E-state index contributed by atoms with van der Waals surface area (Å²) in [6.45, 7) is 4.08. The lowest BCUT2D eigenvalue weighted by molar-refractivity contribution is 0.189. The highest BCUT2D eigenvalue weighted by Gasteiger charge is 2.21. The maximum absolute atomic E-state index is 13.8. The van der Waals surface area contributed by atoms with Crippen molar-refractivity contribution in [3.05, 3.63) is 59.2 Å². The minimum absolute atomic E-state index is 0.0534. The Bertz CT molecular complexity index is 836. The highest BCUT2D eigenvalue weighted by atomic mass is 19.1. The third kappa shape index (κ3) is 5.19. The second kappa shape index (κ2) is 9.01. The summed E-state index contributed by atoms with van der Waals surface area (Å²) in [7, 11) is 1.45. The fraction of sp³-hybridized carbons (Fsp3) is 0.381. The number of halogens is 2. The average molecular weight is 389 g/mol. The third-order valence-corrected chi connectivity index (χ3v) is 4.99. The lowest BCUT2D eigenvalue weighted by Crippen LogP contribution is -2.45. The van der Waals surface area contributed by atoms with Crippen LogP contribution in [0.3, 0.4) is 0 Å². The van der Waals surface area contributed by atoms with E-state index < -0.39 is 0 Å². The Hall–Kier alpha value is -2.67. The first kappa shape index (κ1) is 20.1. The molecule has 1 saturated heterocycles. The number of likely N-dealkylation sites (tertiary alicyclic amines) is 1. The summed E-state index contributed by atoms with van der Waals surface area (Å²) in [5.74, 6) is -0.503. The van der Waals surface area contributed by atoms with Crippen molar-refractivity contribution in [2.75, 3.05) is 25.5 Å². The van der Waals surface area contributed by atoms with Crippen LogP contribution in [0, 0.1) is 18.6 Å². The zero-order valence-corrected chi connectivity index (χ0v) is 16.1. The lowest BCUT2D eigenvalue weighted by atomic mass is 10.0. The van der Waals surface area contributed by atoms with Crippen LogP contribution in [-0.4, -0.2) is 37.2 Å². The number of hydrogen-bond donors (Lipinski definition) is 2. The summed E-state index contributed by atoms with van der Waals surface area (Å²) in [5, 5.41) is 5.66. The number of rotatable bonds is 5. The van der Waals surface area contributed by atoms with Crippen molar-refractivity contribution >= 4 is 11.7 Å². The van der Waals surface area contributed by atoms with E-state index in [2.05, 4.69) is 15.5 Å². The Morgan fingerprint density at radius 3 is 2.61 bits per heavy atom. The summed E-state index contributed by atoms with van der Waals surface area (Å²) in [6.07, 6.45) is 1.60. The molecule has 28 heavy (non-hydrogen) atoms. The molecule has 2 aromatic carbocycles. The van der Waals surface area contributed by atoms with E-state index in [4.69, 9.17) is 4.74 Å². The SMILES string of the molecule is COc1ccc(CN2CCC(NC(=O)Nc3cc(F)ccc3C)CC2)cc1F. The van der Waals surface area contributed by atoms with Gasteiger partial charge < -0.3 is 15.4 Å². The van der Waals surface area contributed by atoms with Crippen molar-refractivity contribution in [2.45, 2.75) is 32.4 Å². The van der Waals surface area contributed by atoms with E-state index in [0.29, 0.717) is 12.2 Å². The molecule has 5 nitrogen and oxygen atoms in total. The molecular weight excluding hydrogens is 364 g/mol. The molecule has 0 atom stereocenters. The molecule has 2 amide bonds. The normalized spacial score (nSPS) is 15.3. The molecule has 0 aliphatic carbocycles. The number of hydrogen-bond acceptors (Lipinski definition) is 3. The Balaban J connectivity index is 1.46. The number of nitrogens with zero attached hydrogens (tertiary/aromatic N) is 1. The molecule has 3 rings (SSSR count). The van der Waals surface area contributed by atoms with Crippen LogP contribution in [0.2, 0.25) is 0 Å². The topological polar surface area (TPSA) is 53.6 Å². The van der Waals surface area contributed by atoms with Gasteiger partial charge in [-0.1, -0.05) is 12.1 Å². The van der Waals surface area contributed by atoms with Crippen LogP contribution in [-0.2, 0) is 6.54 Å². The van der Waals surface area contributed by atoms with Crippen LogP contribution in [0.25, 0.3) is 0 Å². The first-order chi connectivity index (χ1) is 13.4. The molecule has 1 fully saturated rings. The molecule has 0 radical (unpaired) electrons. The molecule has 7 heteroatoms. The van der Waals surface area contributed by atoms with Crippen LogP contribution in [0.15, 0.2) is 36.4 Å². The van der Waals surface area contributed by atoms with Gasteiger partial charge in [-0.25, -0.2) is 13.6 Å². The van der Waals surface area contributed by atoms with Crippen molar-refractivity contribution in [1.82, 2.24) is 10.2 Å². The monoisotopic (exact) mass is 389 g/mol. The van der Waals surface area contributed by atoms with Crippen molar-refractivity contribution in [3.8, 4) is 5.75 Å². The Morgan fingerprint density at radius 1 is 1.18 bits per heavy atom. The van der Waals surface area contributed by atoms with Gasteiger partial charge in [0.1, 0.15) is 5.82 Å². The van der Waals surface area contributed by atoms with Crippen molar-refractivity contribution in [2.24, 2.45) is 0 Å². The van der Waals surface area contributed by atoms with Gasteiger partial charge in [-0.2, -0.15) is 0 Å². The quantitative estimate of drug-likeness (QED) is 0.811. The van der Waals surface area contributed by atoms with Crippen LogP contribution >= 0.6 is 0 Å². The van der Waals surface area contributed by atoms with Gasteiger partial charge in [-0.3, -0.25) is 4.90 Å². The van der Waals surface area contributed by atoms with E-state index in [1.165, 1.54) is 25.3 Å². The van der Waals surface area contributed by atoms with Crippen LogP contribution in [0.4, 0.5) is 19.3 Å². The highest BCUT2D eigenvalue weighted by molar-refractivity contribution is 5.90. The smallest absolute Gasteiger partial charge is 0.319 e. The maximum Gasteiger partial charge on any atom is 0.319 e. The number of carbonyl (C=O) groups is 1. The predicted molar refractivity (Wildman–Crippen MR) is 105 cm³/mol. The number of methoxy groups -OCH3 is 1. The van der Waals surface area contributed by atoms with Gasteiger partial charge in [0.05, 0.1) is 7.11 Å². The fourth-order valence-electron chi connectivity index (χ4n) is 3.37. The molecule has 2 aromatic rings. The van der Waals surface area contributed by atoms with Crippen molar-refractivity contribution in [3.63, 3.8) is 0 Å². The molecular formula is C21H25F2N3O2. The number of nitrogens with one attached hydrogen (secondary N) is 2. The summed E-state index contributed by atoms with van der Waals surface area (Å²) in [5.41, 5.74) is 2.17. The van der Waals surface area contributed by atoms with E-state index in [1.54, 1.807) is 12.1 Å². The number of piperidine rings is 1. The van der Waals surface area contributed by atoms with Gasteiger partial charge in [0.25, 0.3) is 0 Å². The number of aryl methyl sites for hydroxylation is 1. The molecule has 2 N–H and O–H groups in total. The molecule has 0 unspecified atom stereocenters. The molecule has 0 aromatic heterocycles.